The van der Waals surface area contributed by atoms with Crippen molar-refractivity contribution in [3.05, 3.63) is 0 Å². The molecule has 0 saturated heterocycles. The van der Waals surface area contributed by atoms with Crippen molar-refractivity contribution < 1.29 is 4.79 Å². The van der Waals surface area contributed by atoms with Crippen molar-refractivity contribution in [3.63, 3.8) is 0 Å². The Balaban J connectivity index is 3.71. The van der Waals surface area contributed by atoms with Gasteiger partial charge >= 0.3 is 0 Å². The van der Waals surface area contributed by atoms with Crippen LogP contribution in [0, 0.1) is 0 Å². The molecule has 0 saturated carbocycles. The Bertz CT molecular complexity index is 136. The molecule has 0 bridgehead atoms. The minimum absolute atomic E-state index is 0.0718. The van der Waals surface area contributed by atoms with Crippen LogP contribution < -0.4 is 5.32 Å². The standard InChI is InChI=1S/C8H18N2O/c1-8(2,3)9-7(11)6-10(4)5/h6H2,1-5H3,(H,9,11). The lowest BCUT2D eigenvalue weighted by atomic mass is 10.1. The van der Waals surface area contributed by atoms with Gasteiger partial charge in [-0.25, -0.2) is 0 Å². The first-order valence-electron chi connectivity index (χ1n) is 3.77. The van der Waals surface area contributed by atoms with Gasteiger partial charge in [-0.15, -0.1) is 0 Å². The average Bonchev–Trinajstić information content (AvgIpc) is 1.53. The maximum absolute atomic E-state index is 11.1. The van der Waals surface area contributed by atoms with Crippen LogP contribution in [0.5, 0.6) is 0 Å². The van der Waals surface area contributed by atoms with Crippen molar-refractivity contribution >= 4 is 5.91 Å². The highest BCUT2D eigenvalue weighted by atomic mass is 16.2. The van der Waals surface area contributed by atoms with Crippen molar-refractivity contribution in [2.24, 2.45) is 0 Å². The summed E-state index contributed by atoms with van der Waals surface area (Å²) < 4.78 is 0. The third-order valence-corrected chi connectivity index (χ3v) is 0.974. The van der Waals surface area contributed by atoms with Crippen molar-refractivity contribution in [1.82, 2.24) is 10.2 Å². The summed E-state index contributed by atoms with van der Waals surface area (Å²) in [5.41, 5.74) is -0.118. The molecule has 0 aromatic carbocycles. The zero-order valence-electron chi connectivity index (χ0n) is 8.06. The maximum atomic E-state index is 11.1. The highest BCUT2D eigenvalue weighted by Gasteiger charge is 2.13. The van der Waals surface area contributed by atoms with E-state index >= 15 is 0 Å². The van der Waals surface area contributed by atoms with Crippen LogP contribution in [0.4, 0.5) is 0 Å². The number of hydrogen-bond donors (Lipinski definition) is 1. The lowest BCUT2D eigenvalue weighted by molar-refractivity contribution is -0.123. The van der Waals surface area contributed by atoms with Crippen LogP contribution in [0.3, 0.4) is 0 Å². The number of nitrogens with one attached hydrogen (secondary N) is 1. The van der Waals surface area contributed by atoms with Gasteiger partial charge in [0.1, 0.15) is 0 Å². The molecule has 1 amide bonds. The van der Waals surface area contributed by atoms with Crippen molar-refractivity contribution in [1.29, 1.82) is 0 Å². The summed E-state index contributed by atoms with van der Waals surface area (Å²) in [5.74, 6) is 0.0718. The lowest BCUT2D eigenvalue weighted by Crippen LogP contribution is -2.44. The van der Waals surface area contributed by atoms with Crippen LogP contribution in [-0.4, -0.2) is 37.0 Å². The molecule has 0 spiro atoms. The zero-order valence-corrected chi connectivity index (χ0v) is 8.06. The van der Waals surface area contributed by atoms with E-state index in [1.54, 1.807) is 0 Å². The first-order chi connectivity index (χ1) is 4.81. The number of amides is 1. The van der Waals surface area contributed by atoms with Gasteiger partial charge in [0.2, 0.25) is 5.91 Å². The molecule has 0 aliphatic heterocycles. The molecule has 0 aliphatic carbocycles. The highest BCUT2D eigenvalue weighted by molar-refractivity contribution is 5.78. The number of nitrogens with zero attached hydrogens (tertiary/aromatic N) is 1. The van der Waals surface area contributed by atoms with E-state index < -0.39 is 0 Å². The van der Waals surface area contributed by atoms with E-state index in [0.29, 0.717) is 6.54 Å². The van der Waals surface area contributed by atoms with E-state index in [9.17, 15) is 4.79 Å². The molecule has 0 rings (SSSR count). The minimum Gasteiger partial charge on any atom is -0.350 e. The van der Waals surface area contributed by atoms with Gasteiger partial charge in [0.05, 0.1) is 6.54 Å². The number of hydrogen-bond acceptors (Lipinski definition) is 2. The Kier molecular flexibility index (Phi) is 3.52. The predicted molar refractivity (Wildman–Crippen MR) is 46.4 cm³/mol. The lowest BCUT2D eigenvalue weighted by Gasteiger charge is -2.21. The van der Waals surface area contributed by atoms with Gasteiger partial charge in [-0.1, -0.05) is 0 Å². The number of rotatable bonds is 2. The average molecular weight is 158 g/mol. The van der Waals surface area contributed by atoms with Gasteiger partial charge in [-0.05, 0) is 34.9 Å². The van der Waals surface area contributed by atoms with Gasteiger partial charge < -0.3 is 10.2 Å². The van der Waals surface area contributed by atoms with Crippen LogP contribution in [0.15, 0.2) is 0 Å². The maximum Gasteiger partial charge on any atom is 0.234 e. The van der Waals surface area contributed by atoms with E-state index in [1.807, 2.05) is 39.8 Å². The molecule has 0 aromatic heterocycles. The molecule has 0 atom stereocenters. The second-order valence-corrected chi connectivity index (χ2v) is 4.04. The Hall–Kier alpha value is -0.570. The van der Waals surface area contributed by atoms with Gasteiger partial charge in [-0.3, -0.25) is 4.79 Å². The summed E-state index contributed by atoms with van der Waals surface area (Å²) in [6.07, 6.45) is 0. The summed E-state index contributed by atoms with van der Waals surface area (Å²) in [4.78, 5) is 13.0. The molecular formula is C8H18N2O. The normalized spacial score (nSPS) is 11.8. The first kappa shape index (κ1) is 10.4. The SMILES string of the molecule is CN(C)CC(=O)NC(C)(C)C. The van der Waals surface area contributed by atoms with E-state index in [1.165, 1.54) is 0 Å². The summed E-state index contributed by atoms with van der Waals surface area (Å²) in [5, 5.41) is 2.87. The molecule has 11 heavy (non-hydrogen) atoms. The molecule has 66 valence electrons. The summed E-state index contributed by atoms with van der Waals surface area (Å²) >= 11 is 0. The fraction of sp³-hybridized carbons (Fsp3) is 0.875. The molecule has 0 unspecified atom stereocenters. The minimum atomic E-state index is -0.118. The smallest absolute Gasteiger partial charge is 0.234 e. The molecule has 0 aromatic rings. The fourth-order valence-electron chi connectivity index (χ4n) is 0.745. The third kappa shape index (κ3) is 7.33. The number of carbonyl (C=O) groups is 1. The zero-order chi connectivity index (χ0) is 9.07. The Morgan fingerprint density at radius 3 is 2.09 bits per heavy atom. The summed E-state index contributed by atoms with van der Waals surface area (Å²) in [6, 6.07) is 0. The first-order valence-corrected chi connectivity index (χ1v) is 3.77. The van der Waals surface area contributed by atoms with E-state index in [4.69, 9.17) is 0 Å². The monoisotopic (exact) mass is 158 g/mol. The molecule has 0 radical (unpaired) electrons. The topological polar surface area (TPSA) is 32.3 Å². The molecule has 1 N–H and O–H groups in total. The van der Waals surface area contributed by atoms with Gasteiger partial charge in [-0.2, -0.15) is 0 Å². The van der Waals surface area contributed by atoms with Crippen molar-refractivity contribution in [3.8, 4) is 0 Å². The molecule has 3 nitrogen and oxygen atoms in total. The molecule has 3 heteroatoms. The van der Waals surface area contributed by atoms with Crippen LogP contribution in [0.25, 0.3) is 0 Å². The van der Waals surface area contributed by atoms with Crippen LogP contribution >= 0.6 is 0 Å². The Morgan fingerprint density at radius 2 is 1.82 bits per heavy atom. The second-order valence-electron chi connectivity index (χ2n) is 4.04. The highest BCUT2D eigenvalue weighted by Crippen LogP contribution is 1.97. The van der Waals surface area contributed by atoms with E-state index in [-0.39, 0.29) is 11.4 Å². The quantitative estimate of drug-likeness (QED) is 0.633. The van der Waals surface area contributed by atoms with E-state index in [2.05, 4.69) is 5.32 Å². The van der Waals surface area contributed by atoms with E-state index in [0.717, 1.165) is 0 Å². The van der Waals surface area contributed by atoms with Gasteiger partial charge in [0, 0.05) is 5.54 Å². The second kappa shape index (κ2) is 3.72. The summed E-state index contributed by atoms with van der Waals surface area (Å²) in [7, 11) is 3.75. The van der Waals surface area contributed by atoms with Gasteiger partial charge in [0.25, 0.3) is 0 Å². The Morgan fingerprint density at radius 1 is 1.36 bits per heavy atom. The van der Waals surface area contributed by atoms with Crippen molar-refractivity contribution in [2.45, 2.75) is 26.3 Å². The number of carbonyl (C=O) groups excluding carboxylic acids is 1. The third-order valence-electron chi connectivity index (χ3n) is 0.974. The molecule has 0 aliphatic rings. The van der Waals surface area contributed by atoms with Crippen LogP contribution in [-0.2, 0) is 4.79 Å². The van der Waals surface area contributed by atoms with Crippen LogP contribution in [0.1, 0.15) is 20.8 Å². The Labute approximate surface area is 68.8 Å². The molecular weight excluding hydrogens is 140 g/mol. The summed E-state index contributed by atoms with van der Waals surface area (Å²) in [6.45, 7) is 6.37. The predicted octanol–water partition coefficient (Wildman–Crippen LogP) is 0.463. The van der Waals surface area contributed by atoms with Gasteiger partial charge in [0.15, 0.2) is 0 Å². The fourth-order valence-corrected chi connectivity index (χ4v) is 0.745. The van der Waals surface area contributed by atoms with Crippen LogP contribution in [0.2, 0.25) is 0 Å². The van der Waals surface area contributed by atoms with Crippen molar-refractivity contribution in [2.75, 3.05) is 20.6 Å². The number of likely N-dealkylation sites (N-methyl/N-ethyl adjacent to an activating group) is 1. The largest absolute Gasteiger partial charge is 0.350 e. The molecule has 0 heterocycles. The molecule has 0 fully saturated rings.